The predicted octanol–water partition coefficient (Wildman–Crippen LogP) is 3.81. The third-order valence-corrected chi connectivity index (χ3v) is 4.92. The van der Waals surface area contributed by atoms with Crippen molar-refractivity contribution in [1.29, 1.82) is 0 Å². The van der Waals surface area contributed by atoms with Crippen LogP contribution in [0.2, 0.25) is 0 Å². The van der Waals surface area contributed by atoms with E-state index < -0.39 is 0 Å². The van der Waals surface area contributed by atoms with Crippen LogP contribution in [0.1, 0.15) is 11.9 Å². The summed E-state index contributed by atoms with van der Waals surface area (Å²) >= 11 is 3.51. The van der Waals surface area contributed by atoms with E-state index in [0.717, 1.165) is 28.0 Å². The number of benzene rings is 1. The zero-order valence-electron chi connectivity index (χ0n) is 10.0. The van der Waals surface area contributed by atoms with Gasteiger partial charge in [0.25, 0.3) is 0 Å². The number of fused-ring (bicyclic) bond motifs is 1. The van der Waals surface area contributed by atoms with Gasteiger partial charge >= 0.3 is 0 Å². The maximum atomic E-state index is 4.63. The second-order valence-electron chi connectivity index (χ2n) is 3.86. The standard InChI is InChI=1S/C13H13N3S2/c1-2-16-8-7-14-13(16)17-9-12-15-10-5-3-4-6-11(10)18-12/h3-8H,2,9H2,1H3. The number of thioether (sulfide) groups is 1. The summed E-state index contributed by atoms with van der Waals surface area (Å²) in [5.74, 6) is 0.885. The molecule has 18 heavy (non-hydrogen) atoms. The SMILES string of the molecule is CCn1ccnc1SCc1nc2ccccc2s1. The number of rotatable bonds is 4. The highest BCUT2D eigenvalue weighted by atomic mass is 32.2. The van der Waals surface area contributed by atoms with E-state index in [1.807, 2.05) is 18.5 Å². The molecule has 0 bridgehead atoms. The molecule has 0 fully saturated rings. The van der Waals surface area contributed by atoms with E-state index >= 15 is 0 Å². The predicted molar refractivity (Wildman–Crippen MR) is 77.1 cm³/mol. The lowest BCUT2D eigenvalue weighted by Crippen LogP contribution is -1.94. The van der Waals surface area contributed by atoms with Gasteiger partial charge in [-0.1, -0.05) is 23.9 Å². The average Bonchev–Trinajstić information content (AvgIpc) is 3.01. The van der Waals surface area contributed by atoms with Crippen molar-refractivity contribution in [2.75, 3.05) is 0 Å². The van der Waals surface area contributed by atoms with Crippen molar-refractivity contribution in [3.63, 3.8) is 0 Å². The monoisotopic (exact) mass is 275 g/mol. The Kier molecular flexibility index (Phi) is 3.34. The maximum absolute atomic E-state index is 4.63. The van der Waals surface area contributed by atoms with Crippen LogP contribution in [0, 0.1) is 0 Å². The Morgan fingerprint density at radius 1 is 1.33 bits per heavy atom. The molecule has 0 spiro atoms. The minimum Gasteiger partial charge on any atom is -0.326 e. The molecule has 2 aromatic heterocycles. The number of hydrogen-bond donors (Lipinski definition) is 0. The summed E-state index contributed by atoms with van der Waals surface area (Å²) in [6.45, 7) is 3.09. The van der Waals surface area contributed by atoms with E-state index in [4.69, 9.17) is 0 Å². The first-order chi connectivity index (χ1) is 8.86. The molecular formula is C13H13N3S2. The number of nitrogens with zero attached hydrogens (tertiary/aromatic N) is 3. The van der Waals surface area contributed by atoms with Gasteiger partial charge in [0, 0.05) is 18.9 Å². The third-order valence-electron chi connectivity index (χ3n) is 2.68. The molecule has 2 heterocycles. The summed E-state index contributed by atoms with van der Waals surface area (Å²) in [5.41, 5.74) is 1.09. The van der Waals surface area contributed by atoms with Crippen LogP contribution >= 0.6 is 23.1 Å². The fourth-order valence-electron chi connectivity index (χ4n) is 1.78. The molecule has 92 valence electrons. The zero-order valence-corrected chi connectivity index (χ0v) is 11.7. The van der Waals surface area contributed by atoms with Crippen LogP contribution < -0.4 is 0 Å². The van der Waals surface area contributed by atoms with Gasteiger partial charge in [-0.2, -0.15) is 0 Å². The van der Waals surface area contributed by atoms with E-state index in [9.17, 15) is 0 Å². The molecule has 0 N–H and O–H groups in total. The van der Waals surface area contributed by atoms with Crippen molar-refractivity contribution in [2.24, 2.45) is 0 Å². The van der Waals surface area contributed by atoms with Crippen LogP contribution in [0.4, 0.5) is 0 Å². The normalized spacial score (nSPS) is 11.2. The summed E-state index contributed by atoms with van der Waals surface area (Å²) in [5, 5.41) is 2.23. The number of imidazole rings is 1. The van der Waals surface area contributed by atoms with Gasteiger partial charge in [-0.25, -0.2) is 9.97 Å². The summed E-state index contributed by atoms with van der Waals surface area (Å²) < 4.78 is 3.41. The highest BCUT2D eigenvalue weighted by Gasteiger charge is 2.06. The molecule has 0 aliphatic carbocycles. The zero-order chi connectivity index (χ0) is 12.4. The summed E-state index contributed by atoms with van der Waals surface area (Å²) in [6.07, 6.45) is 3.87. The fourth-order valence-corrected chi connectivity index (χ4v) is 3.77. The van der Waals surface area contributed by atoms with E-state index in [2.05, 4.69) is 39.7 Å². The molecular weight excluding hydrogens is 262 g/mol. The van der Waals surface area contributed by atoms with E-state index in [1.165, 1.54) is 4.70 Å². The van der Waals surface area contributed by atoms with Gasteiger partial charge < -0.3 is 4.57 Å². The summed E-state index contributed by atoms with van der Waals surface area (Å²) in [6, 6.07) is 8.27. The molecule has 0 saturated carbocycles. The first-order valence-corrected chi connectivity index (χ1v) is 7.65. The molecule has 0 aliphatic rings. The molecule has 0 amide bonds. The fraction of sp³-hybridized carbons (Fsp3) is 0.231. The topological polar surface area (TPSA) is 30.7 Å². The molecule has 3 nitrogen and oxygen atoms in total. The molecule has 0 atom stereocenters. The van der Waals surface area contributed by atoms with Gasteiger partial charge in [0.1, 0.15) is 5.01 Å². The van der Waals surface area contributed by atoms with Crippen molar-refractivity contribution in [3.05, 3.63) is 41.7 Å². The number of aromatic nitrogens is 3. The second-order valence-corrected chi connectivity index (χ2v) is 5.92. The van der Waals surface area contributed by atoms with Gasteiger partial charge in [0.05, 0.1) is 16.0 Å². The Hall–Kier alpha value is -1.33. The molecule has 5 heteroatoms. The lowest BCUT2D eigenvalue weighted by atomic mass is 10.3. The van der Waals surface area contributed by atoms with Crippen LogP contribution in [0.25, 0.3) is 10.2 Å². The van der Waals surface area contributed by atoms with Crippen molar-refractivity contribution in [3.8, 4) is 0 Å². The number of thiazole rings is 1. The Bertz CT molecular complexity index is 624. The average molecular weight is 275 g/mol. The highest BCUT2D eigenvalue weighted by molar-refractivity contribution is 7.98. The Morgan fingerprint density at radius 3 is 3.06 bits per heavy atom. The van der Waals surface area contributed by atoms with Gasteiger partial charge in [0.2, 0.25) is 0 Å². The highest BCUT2D eigenvalue weighted by Crippen LogP contribution is 2.27. The second kappa shape index (κ2) is 5.12. The van der Waals surface area contributed by atoms with Crippen molar-refractivity contribution in [1.82, 2.24) is 14.5 Å². The van der Waals surface area contributed by atoms with Gasteiger partial charge in [-0.15, -0.1) is 11.3 Å². The smallest absolute Gasteiger partial charge is 0.168 e. The van der Waals surface area contributed by atoms with E-state index in [-0.39, 0.29) is 0 Å². The van der Waals surface area contributed by atoms with Crippen LogP contribution in [0.15, 0.2) is 41.8 Å². The summed E-state index contributed by atoms with van der Waals surface area (Å²) in [4.78, 5) is 8.99. The van der Waals surface area contributed by atoms with Crippen molar-refractivity contribution >= 4 is 33.3 Å². The van der Waals surface area contributed by atoms with Crippen LogP contribution in [0.5, 0.6) is 0 Å². The molecule has 0 saturated heterocycles. The van der Waals surface area contributed by atoms with Crippen molar-refractivity contribution in [2.45, 2.75) is 24.4 Å². The minimum atomic E-state index is 0.885. The molecule has 1 aromatic carbocycles. The van der Waals surface area contributed by atoms with E-state index in [0.29, 0.717) is 0 Å². The number of para-hydroxylation sites is 1. The molecule has 0 aliphatic heterocycles. The van der Waals surface area contributed by atoms with Gasteiger partial charge in [-0.05, 0) is 19.1 Å². The van der Waals surface area contributed by atoms with Gasteiger partial charge in [-0.3, -0.25) is 0 Å². The Morgan fingerprint density at radius 2 is 2.22 bits per heavy atom. The molecule has 3 aromatic rings. The van der Waals surface area contributed by atoms with Crippen LogP contribution in [-0.4, -0.2) is 14.5 Å². The largest absolute Gasteiger partial charge is 0.326 e. The molecule has 0 radical (unpaired) electrons. The van der Waals surface area contributed by atoms with Crippen LogP contribution in [-0.2, 0) is 12.3 Å². The quantitative estimate of drug-likeness (QED) is 0.678. The lowest BCUT2D eigenvalue weighted by molar-refractivity contribution is 0.681. The van der Waals surface area contributed by atoms with E-state index in [1.54, 1.807) is 23.1 Å². The Labute approximate surface area is 114 Å². The molecule has 3 rings (SSSR count). The number of aryl methyl sites for hydroxylation is 1. The first kappa shape index (κ1) is 11.7. The lowest BCUT2D eigenvalue weighted by Gasteiger charge is -2.01. The number of hydrogen-bond acceptors (Lipinski definition) is 4. The first-order valence-electron chi connectivity index (χ1n) is 5.85. The maximum Gasteiger partial charge on any atom is 0.168 e. The third kappa shape index (κ3) is 2.28. The van der Waals surface area contributed by atoms with Crippen LogP contribution in [0.3, 0.4) is 0 Å². The van der Waals surface area contributed by atoms with Crippen molar-refractivity contribution < 1.29 is 0 Å². The summed E-state index contributed by atoms with van der Waals surface area (Å²) in [7, 11) is 0. The van der Waals surface area contributed by atoms with Gasteiger partial charge in [0.15, 0.2) is 5.16 Å². The minimum absolute atomic E-state index is 0.885. The molecule has 0 unspecified atom stereocenters. The Balaban J connectivity index is 1.77.